The molecule has 3 rings (SSSR count). The molecule has 0 bridgehead atoms. The Morgan fingerprint density at radius 3 is 2.50 bits per heavy atom. The van der Waals surface area contributed by atoms with Gasteiger partial charge < -0.3 is 4.98 Å². The van der Waals surface area contributed by atoms with Gasteiger partial charge in [-0.1, -0.05) is 23.2 Å². The minimum atomic E-state index is -0.579. The molecule has 0 saturated heterocycles. The standard InChI is InChI=1S/C13H6Cl2F2N2S/c14-6-1-7(16)3-8(2-6)19-12-5-10(17)9(15)4-11(12)18-13(19)20/h1-5H,(H,18,20). The van der Waals surface area contributed by atoms with E-state index in [1.165, 1.54) is 28.8 Å². The average molecular weight is 331 g/mol. The fourth-order valence-electron chi connectivity index (χ4n) is 2.03. The molecular formula is C13H6Cl2F2N2S. The predicted molar refractivity (Wildman–Crippen MR) is 78.4 cm³/mol. The van der Waals surface area contributed by atoms with Crippen LogP contribution in [0.5, 0.6) is 0 Å². The lowest BCUT2D eigenvalue weighted by Crippen LogP contribution is -1.95. The summed E-state index contributed by atoms with van der Waals surface area (Å²) < 4.78 is 28.9. The number of hydrogen-bond acceptors (Lipinski definition) is 1. The van der Waals surface area contributed by atoms with Gasteiger partial charge in [-0.3, -0.25) is 4.57 Å². The molecule has 20 heavy (non-hydrogen) atoms. The second kappa shape index (κ2) is 4.84. The van der Waals surface area contributed by atoms with Crippen LogP contribution in [0.15, 0.2) is 30.3 Å². The first-order chi connectivity index (χ1) is 9.45. The highest BCUT2D eigenvalue weighted by Gasteiger charge is 2.11. The Labute approximate surface area is 127 Å². The van der Waals surface area contributed by atoms with E-state index in [1.54, 1.807) is 6.07 Å². The summed E-state index contributed by atoms with van der Waals surface area (Å²) in [5, 5.41) is 0.212. The van der Waals surface area contributed by atoms with Gasteiger partial charge in [0.15, 0.2) is 4.77 Å². The van der Waals surface area contributed by atoms with E-state index >= 15 is 0 Å². The van der Waals surface area contributed by atoms with Crippen LogP contribution in [0.4, 0.5) is 8.78 Å². The number of rotatable bonds is 1. The molecule has 0 spiro atoms. The Hall–Kier alpha value is -1.43. The van der Waals surface area contributed by atoms with Gasteiger partial charge in [0.05, 0.1) is 21.7 Å². The van der Waals surface area contributed by atoms with Crippen LogP contribution >= 0.6 is 35.4 Å². The molecule has 0 atom stereocenters. The predicted octanol–water partition coefficient (Wildman–Crippen LogP) is 5.27. The molecule has 0 aliphatic heterocycles. The normalized spacial score (nSPS) is 11.2. The molecule has 0 fully saturated rings. The minimum absolute atomic E-state index is 0.0156. The van der Waals surface area contributed by atoms with Gasteiger partial charge in [0.1, 0.15) is 11.6 Å². The first kappa shape index (κ1) is 13.5. The van der Waals surface area contributed by atoms with Gasteiger partial charge in [0.25, 0.3) is 0 Å². The van der Waals surface area contributed by atoms with Crippen molar-refractivity contribution in [1.29, 1.82) is 0 Å². The summed E-state index contributed by atoms with van der Waals surface area (Å²) in [6.45, 7) is 0. The van der Waals surface area contributed by atoms with Crippen LogP contribution in [0.2, 0.25) is 10.0 Å². The first-order valence-electron chi connectivity index (χ1n) is 5.52. The van der Waals surface area contributed by atoms with Gasteiger partial charge in [-0.25, -0.2) is 8.78 Å². The van der Waals surface area contributed by atoms with Crippen molar-refractivity contribution in [3.8, 4) is 5.69 Å². The monoisotopic (exact) mass is 330 g/mol. The van der Waals surface area contributed by atoms with Crippen LogP contribution in [-0.4, -0.2) is 9.55 Å². The zero-order valence-electron chi connectivity index (χ0n) is 9.75. The molecule has 1 aromatic heterocycles. The summed E-state index contributed by atoms with van der Waals surface area (Å²) in [5.41, 5.74) is 1.42. The van der Waals surface area contributed by atoms with Crippen molar-refractivity contribution in [1.82, 2.24) is 9.55 Å². The van der Waals surface area contributed by atoms with Crippen molar-refractivity contribution in [3.63, 3.8) is 0 Å². The summed E-state index contributed by atoms with van der Waals surface area (Å²) in [4.78, 5) is 2.89. The van der Waals surface area contributed by atoms with Crippen LogP contribution < -0.4 is 0 Å². The van der Waals surface area contributed by atoms with E-state index in [1.807, 2.05) is 0 Å². The highest BCUT2D eigenvalue weighted by molar-refractivity contribution is 7.71. The lowest BCUT2D eigenvalue weighted by atomic mass is 10.2. The van der Waals surface area contributed by atoms with Gasteiger partial charge in [0, 0.05) is 11.1 Å². The Morgan fingerprint density at radius 2 is 1.80 bits per heavy atom. The zero-order chi connectivity index (χ0) is 14.4. The van der Waals surface area contributed by atoms with E-state index in [0.29, 0.717) is 21.5 Å². The number of halogens is 4. The molecule has 0 saturated carbocycles. The second-order valence-electron chi connectivity index (χ2n) is 4.18. The number of aromatic nitrogens is 2. The lowest BCUT2D eigenvalue weighted by Gasteiger charge is -2.06. The Balaban J connectivity index is 2.38. The van der Waals surface area contributed by atoms with Crippen molar-refractivity contribution in [3.05, 3.63) is 56.8 Å². The summed E-state index contributed by atoms with van der Waals surface area (Å²) in [6.07, 6.45) is 0. The molecule has 0 radical (unpaired) electrons. The number of imidazole rings is 1. The number of H-pyrrole nitrogens is 1. The largest absolute Gasteiger partial charge is 0.330 e. The quantitative estimate of drug-likeness (QED) is 0.602. The fraction of sp³-hybridized carbons (Fsp3) is 0. The molecule has 1 N–H and O–H groups in total. The van der Waals surface area contributed by atoms with Gasteiger partial charge >= 0.3 is 0 Å². The van der Waals surface area contributed by atoms with Crippen LogP contribution in [0.25, 0.3) is 16.7 Å². The van der Waals surface area contributed by atoms with Gasteiger partial charge in [-0.15, -0.1) is 0 Å². The highest BCUT2D eigenvalue weighted by atomic mass is 35.5. The van der Waals surface area contributed by atoms with Crippen molar-refractivity contribution in [2.75, 3.05) is 0 Å². The van der Waals surface area contributed by atoms with Crippen molar-refractivity contribution in [2.24, 2.45) is 0 Å². The number of nitrogens with one attached hydrogen (secondary N) is 1. The molecule has 0 amide bonds. The highest BCUT2D eigenvalue weighted by Crippen LogP contribution is 2.26. The molecule has 7 heteroatoms. The van der Waals surface area contributed by atoms with Crippen LogP contribution in [0.3, 0.4) is 0 Å². The van der Waals surface area contributed by atoms with Gasteiger partial charge in [0.2, 0.25) is 0 Å². The van der Waals surface area contributed by atoms with E-state index in [2.05, 4.69) is 4.98 Å². The maximum absolute atomic E-state index is 13.6. The summed E-state index contributed by atoms with van der Waals surface area (Å²) in [5.74, 6) is -1.08. The summed E-state index contributed by atoms with van der Waals surface area (Å²) in [7, 11) is 0. The van der Waals surface area contributed by atoms with Crippen LogP contribution in [0, 0.1) is 16.4 Å². The Morgan fingerprint density at radius 1 is 1.05 bits per heavy atom. The smallest absolute Gasteiger partial charge is 0.182 e. The van der Waals surface area contributed by atoms with Crippen LogP contribution in [-0.2, 0) is 0 Å². The summed E-state index contributed by atoms with van der Waals surface area (Å²) >= 11 is 16.7. The molecular weight excluding hydrogens is 325 g/mol. The molecule has 0 aliphatic carbocycles. The zero-order valence-corrected chi connectivity index (χ0v) is 12.1. The topological polar surface area (TPSA) is 20.7 Å². The molecule has 3 aromatic rings. The Bertz CT molecular complexity index is 866. The molecule has 2 aromatic carbocycles. The minimum Gasteiger partial charge on any atom is -0.330 e. The van der Waals surface area contributed by atoms with Gasteiger partial charge in [-0.05, 0) is 36.5 Å². The maximum atomic E-state index is 13.6. The van der Waals surface area contributed by atoms with Gasteiger partial charge in [-0.2, -0.15) is 0 Å². The summed E-state index contributed by atoms with van der Waals surface area (Å²) in [6, 6.07) is 6.66. The van der Waals surface area contributed by atoms with E-state index in [-0.39, 0.29) is 10.0 Å². The average Bonchev–Trinajstić information content (AvgIpc) is 2.64. The van der Waals surface area contributed by atoms with E-state index < -0.39 is 11.6 Å². The van der Waals surface area contributed by atoms with Crippen molar-refractivity contribution >= 4 is 46.5 Å². The fourth-order valence-corrected chi connectivity index (χ4v) is 2.72. The third-order valence-electron chi connectivity index (χ3n) is 2.83. The number of nitrogens with zero attached hydrogens (tertiary/aromatic N) is 1. The molecule has 0 aliphatic rings. The van der Waals surface area contributed by atoms with E-state index in [9.17, 15) is 8.78 Å². The Kier molecular flexibility index (Phi) is 3.28. The molecule has 0 unspecified atom stereocenters. The van der Waals surface area contributed by atoms with E-state index in [4.69, 9.17) is 35.4 Å². The van der Waals surface area contributed by atoms with E-state index in [0.717, 1.165) is 0 Å². The third-order valence-corrected chi connectivity index (χ3v) is 3.62. The van der Waals surface area contributed by atoms with Crippen molar-refractivity contribution < 1.29 is 8.78 Å². The SMILES string of the molecule is Fc1cc(Cl)cc(-n2c(=S)[nH]c3cc(Cl)c(F)cc32)c1. The maximum Gasteiger partial charge on any atom is 0.182 e. The number of hydrogen-bond donors (Lipinski definition) is 1. The second-order valence-corrected chi connectivity index (χ2v) is 5.41. The molecule has 102 valence electrons. The molecule has 2 nitrogen and oxygen atoms in total. The number of fused-ring (bicyclic) bond motifs is 1. The van der Waals surface area contributed by atoms with Crippen molar-refractivity contribution in [2.45, 2.75) is 0 Å². The van der Waals surface area contributed by atoms with Crippen LogP contribution in [0.1, 0.15) is 0 Å². The number of aromatic amines is 1. The third kappa shape index (κ3) is 2.22. The first-order valence-corrected chi connectivity index (χ1v) is 6.68. The lowest BCUT2D eigenvalue weighted by molar-refractivity contribution is 0.626. The number of benzene rings is 2. The molecule has 1 heterocycles.